The van der Waals surface area contributed by atoms with Gasteiger partial charge in [-0.3, -0.25) is 14.0 Å². The van der Waals surface area contributed by atoms with E-state index in [4.69, 9.17) is 21.6 Å². The van der Waals surface area contributed by atoms with Gasteiger partial charge in [0.1, 0.15) is 17.1 Å². The minimum absolute atomic E-state index is 0.117. The molecule has 2 aromatic carbocycles. The lowest BCUT2D eigenvalue weighted by Gasteiger charge is -2.16. The van der Waals surface area contributed by atoms with Crippen molar-refractivity contribution in [3.05, 3.63) is 66.0 Å². The fraction of sp³-hybridized carbons (Fsp3) is 0.120. The Bertz CT molecular complexity index is 1470. The van der Waals surface area contributed by atoms with Gasteiger partial charge in [0, 0.05) is 48.5 Å². The number of fused-ring (bicyclic) bond motifs is 1. The minimum atomic E-state index is -0.695. The molecule has 0 aliphatic rings. The molecule has 0 radical (unpaired) electrons. The number of aromatic nitrogens is 3. The lowest BCUT2D eigenvalue weighted by atomic mass is 10.2. The number of carbonyl (C=O) groups excluding carboxylic acids is 2. The molecule has 0 unspecified atom stereocenters. The first kappa shape index (κ1) is 23.9. The summed E-state index contributed by atoms with van der Waals surface area (Å²) in [6, 6.07) is 12.4. The Balaban J connectivity index is 1.69. The highest BCUT2D eigenvalue weighted by Gasteiger charge is 2.20. The van der Waals surface area contributed by atoms with Crippen LogP contribution in [-0.2, 0) is 11.3 Å². The maximum Gasteiger partial charge on any atom is 0.300 e. The molecule has 2 amide bonds. The van der Waals surface area contributed by atoms with Gasteiger partial charge >= 0.3 is 0 Å². The van der Waals surface area contributed by atoms with Gasteiger partial charge in [0.05, 0.1) is 14.2 Å². The summed E-state index contributed by atoms with van der Waals surface area (Å²) in [5.74, 6) is 2.50. The Morgan fingerprint density at radius 1 is 1.11 bits per heavy atom. The zero-order chi connectivity index (χ0) is 25.7. The predicted molar refractivity (Wildman–Crippen MR) is 136 cm³/mol. The van der Waals surface area contributed by atoms with Gasteiger partial charge in [-0.15, -0.1) is 6.42 Å². The number of methoxy groups -OCH3 is 2. The van der Waals surface area contributed by atoms with Crippen molar-refractivity contribution < 1.29 is 19.1 Å². The predicted octanol–water partition coefficient (Wildman–Crippen LogP) is 2.77. The number of nitrogens with one attached hydrogen (secondary N) is 3. The van der Waals surface area contributed by atoms with Crippen LogP contribution in [0.1, 0.15) is 15.9 Å². The molecule has 4 rings (SSSR count). The van der Waals surface area contributed by atoms with Gasteiger partial charge in [-0.25, -0.2) is 4.98 Å². The van der Waals surface area contributed by atoms with Gasteiger partial charge < -0.3 is 31.2 Å². The third kappa shape index (κ3) is 5.13. The van der Waals surface area contributed by atoms with E-state index in [9.17, 15) is 9.59 Å². The number of primary amides is 1. The number of nitrogens with zero attached hydrogens (tertiary/aromatic N) is 3. The molecule has 0 fully saturated rings. The second kappa shape index (κ2) is 10.4. The Kier molecular flexibility index (Phi) is 6.87. The Morgan fingerprint density at radius 3 is 2.53 bits per heavy atom. The number of nitrogens with two attached hydrogens (primary N) is 1. The Hall–Kier alpha value is -5.24. The van der Waals surface area contributed by atoms with E-state index in [2.05, 4.69) is 25.9 Å². The number of amides is 2. The van der Waals surface area contributed by atoms with Crippen molar-refractivity contribution in [3.63, 3.8) is 0 Å². The van der Waals surface area contributed by atoms with Crippen LogP contribution in [-0.4, -0.2) is 40.4 Å². The number of benzene rings is 2. The fourth-order valence-corrected chi connectivity index (χ4v) is 3.55. The molecule has 0 aliphatic heterocycles. The highest BCUT2D eigenvalue weighted by Crippen LogP contribution is 2.30. The van der Waals surface area contributed by atoms with Crippen molar-refractivity contribution in [2.45, 2.75) is 6.54 Å². The summed E-state index contributed by atoms with van der Waals surface area (Å²) < 4.78 is 12.3. The second-order valence-corrected chi connectivity index (χ2v) is 7.52. The van der Waals surface area contributed by atoms with Crippen molar-refractivity contribution in [3.8, 4) is 23.8 Å². The maximum absolute atomic E-state index is 12.4. The molecule has 0 bridgehead atoms. The molecule has 5 N–H and O–H groups in total. The van der Waals surface area contributed by atoms with Crippen molar-refractivity contribution >= 4 is 40.6 Å². The maximum atomic E-state index is 12.4. The molecule has 11 heteroatoms. The third-order valence-corrected chi connectivity index (χ3v) is 5.17. The molecule has 0 aliphatic carbocycles. The normalized spacial score (nSPS) is 10.4. The van der Waals surface area contributed by atoms with Crippen LogP contribution in [0.4, 0.5) is 23.1 Å². The number of imidazole rings is 1. The van der Waals surface area contributed by atoms with Crippen LogP contribution in [0.3, 0.4) is 0 Å². The van der Waals surface area contributed by atoms with Crippen LogP contribution < -0.4 is 31.2 Å². The van der Waals surface area contributed by atoms with Crippen LogP contribution >= 0.6 is 0 Å². The van der Waals surface area contributed by atoms with Crippen LogP contribution in [0, 0.1) is 12.3 Å². The van der Waals surface area contributed by atoms with Crippen molar-refractivity contribution in [2.75, 3.05) is 30.2 Å². The van der Waals surface area contributed by atoms with E-state index in [1.54, 1.807) is 53.2 Å². The lowest BCUT2D eigenvalue weighted by Crippen LogP contribution is -2.18. The van der Waals surface area contributed by atoms with E-state index in [-0.39, 0.29) is 11.4 Å². The van der Waals surface area contributed by atoms with Crippen LogP contribution in [0.15, 0.2) is 54.9 Å². The quantitative estimate of drug-likeness (QED) is 0.265. The summed E-state index contributed by atoms with van der Waals surface area (Å²) in [5.41, 5.74) is 8.13. The average molecular weight is 486 g/mol. The topological polar surface area (TPSA) is 145 Å². The van der Waals surface area contributed by atoms with Gasteiger partial charge in [-0.05, 0) is 23.6 Å². The third-order valence-electron chi connectivity index (χ3n) is 5.17. The smallest absolute Gasteiger partial charge is 0.300 e. The van der Waals surface area contributed by atoms with E-state index in [1.807, 2.05) is 12.0 Å². The molecule has 2 heterocycles. The van der Waals surface area contributed by atoms with Gasteiger partial charge in [0.15, 0.2) is 11.5 Å². The van der Waals surface area contributed by atoms with Crippen LogP contribution in [0.2, 0.25) is 0 Å². The summed E-state index contributed by atoms with van der Waals surface area (Å²) in [4.78, 5) is 32.8. The largest absolute Gasteiger partial charge is 0.497 e. The number of carbonyl (C=O) groups is 2. The van der Waals surface area contributed by atoms with Gasteiger partial charge in [0.25, 0.3) is 11.8 Å². The van der Waals surface area contributed by atoms with E-state index >= 15 is 0 Å². The summed E-state index contributed by atoms with van der Waals surface area (Å²) >= 11 is 0. The molecular weight excluding hydrogens is 462 g/mol. The van der Waals surface area contributed by atoms with Crippen molar-refractivity contribution in [1.29, 1.82) is 0 Å². The molecule has 11 nitrogen and oxygen atoms in total. The van der Waals surface area contributed by atoms with Crippen LogP contribution in [0.25, 0.3) is 5.65 Å². The summed E-state index contributed by atoms with van der Waals surface area (Å²) in [7, 11) is 3.08. The zero-order valence-corrected chi connectivity index (χ0v) is 19.5. The second-order valence-electron chi connectivity index (χ2n) is 7.52. The molecule has 0 saturated carbocycles. The van der Waals surface area contributed by atoms with E-state index < -0.39 is 11.8 Å². The van der Waals surface area contributed by atoms with E-state index in [0.717, 1.165) is 5.56 Å². The summed E-state index contributed by atoms with van der Waals surface area (Å²) in [6.07, 6.45) is 8.34. The fourth-order valence-electron chi connectivity index (χ4n) is 3.55. The molecule has 182 valence electrons. The van der Waals surface area contributed by atoms with E-state index in [0.29, 0.717) is 41.0 Å². The first-order valence-electron chi connectivity index (χ1n) is 10.7. The average Bonchev–Trinajstić information content (AvgIpc) is 3.36. The Morgan fingerprint density at radius 2 is 1.86 bits per heavy atom. The number of terminal acetylenes is 1. The van der Waals surface area contributed by atoms with Crippen molar-refractivity contribution in [1.82, 2.24) is 14.4 Å². The minimum Gasteiger partial charge on any atom is -0.497 e. The molecule has 4 aromatic rings. The molecule has 2 aromatic heterocycles. The molecule has 0 saturated heterocycles. The monoisotopic (exact) mass is 485 g/mol. The summed E-state index contributed by atoms with van der Waals surface area (Å²) in [6.45, 7) is 0.350. The highest BCUT2D eigenvalue weighted by atomic mass is 16.5. The zero-order valence-electron chi connectivity index (χ0n) is 19.5. The highest BCUT2D eigenvalue weighted by molar-refractivity contribution is 6.04. The number of hydrogen-bond donors (Lipinski definition) is 4. The standard InChI is InChI=1S/C25H23N7O4/c1-4-20(33)29-16-7-5-6-15(10-16)14-28-25-31-23(21(22(26)34)24-27-8-9-32(24)25)30-17-11-18(35-2)13-19(12-17)36-3/h1,5-13,30H,14H2,2-3H3,(H2,26,34)(H,28,31)(H,29,33). The first-order valence-corrected chi connectivity index (χ1v) is 10.7. The number of hydrogen-bond acceptors (Lipinski definition) is 8. The number of ether oxygens (including phenoxy) is 2. The van der Waals surface area contributed by atoms with Gasteiger partial charge in [-0.1, -0.05) is 12.1 Å². The van der Waals surface area contributed by atoms with Gasteiger partial charge in [0.2, 0.25) is 5.95 Å². The number of rotatable bonds is 9. The molecule has 36 heavy (non-hydrogen) atoms. The Labute approximate surface area is 206 Å². The van der Waals surface area contributed by atoms with Gasteiger partial charge in [-0.2, -0.15) is 4.98 Å². The lowest BCUT2D eigenvalue weighted by molar-refractivity contribution is -0.111. The number of anilines is 4. The molecule has 0 atom stereocenters. The van der Waals surface area contributed by atoms with Crippen molar-refractivity contribution in [2.24, 2.45) is 5.73 Å². The van der Waals surface area contributed by atoms with E-state index in [1.165, 1.54) is 14.2 Å². The summed E-state index contributed by atoms with van der Waals surface area (Å²) in [5, 5.41) is 8.98. The molecular formula is C25H23N7O4. The molecule has 0 spiro atoms. The SMILES string of the molecule is C#CC(=O)Nc1cccc(CNc2nc(Nc3cc(OC)cc(OC)c3)c(C(N)=O)c3nccn23)c1. The van der Waals surface area contributed by atoms with Crippen LogP contribution in [0.5, 0.6) is 11.5 Å². The first-order chi connectivity index (χ1) is 17.4.